The van der Waals surface area contributed by atoms with Crippen LogP contribution in [0.4, 0.5) is 0 Å². The Morgan fingerprint density at radius 2 is 1.81 bits per heavy atom. The summed E-state index contributed by atoms with van der Waals surface area (Å²) in [5.41, 5.74) is 4.44. The standard InChI is InChI=1S/C26H22Cl2N2O2/c1-3-30-16-24(22-10-9-20(27)15-23(22)28)29-26(30)12-8-19-13-18(7-11-25(19)32-2)17-5-4-6-21(31)14-17/h4-16,31H,3H2,1-2H3/b12-8+. The van der Waals surface area contributed by atoms with Gasteiger partial charge in [0, 0.05) is 28.9 Å². The van der Waals surface area contributed by atoms with Crippen LogP contribution < -0.4 is 4.74 Å². The van der Waals surface area contributed by atoms with Crippen molar-refractivity contribution in [3.05, 3.63) is 88.3 Å². The van der Waals surface area contributed by atoms with Crippen LogP contribution in [-0.2, 0) is 6.54 Å². The molecule has 1 aromatic heterocycles. The molecule has 0 fully saturated rings. The van der Waals surface area contributed by atoms with E-state index in [4.69, 9.17) is 32.9 Å². The summed E-state index contributed by atoms with van der Waals surface area (Å²) in [6.45, 7) is 2.83. The molecule has 0 spiro atoms. The van der Waals surface area contributed by atoms with E-state index in [-0.39, 0.29) is 5.75 Å². The van der Waals surface area contributed by atoms with Crippen LogP contribution in [0.1, 0.15) is 18.3 Å². The van der Waals surface area contributed by atoms with E-state index in [0.29, 0.717) is 10.0 Å². The summed E-state index contributed by atoms with van der Waals surface area (Å²) in [7, 11) is 1.65. The number of ether oxygens (including phenoxy) is 1. The van der Waals surface area contributed by atoms with Gasteiger partial charge in [-0.15, -0.1) is 0 Å². The number of imidazole rings is 1. The molecular weight excluding hydrogens is 443 g/mol. The Bertz CT molecular complexity index is 1290. The number of nitrogens with zero attached hydrogens (tertiary/aromatic N) is 2. The van der Waals surface area contributed by atoms with Crippen molar-refractivity contribution < 1.29 is 9.84 Å². The molecule has 0 atom stereocenters. The predicted octanol–water partition coefficient (Wildman–Crippen LogP) is 7.43. The molecule has 0 saturated heterocycles. The number of aromatic hydroxyl groups is 1. The lowest BCUT2D eigenvalue weighted by molar-refractivity contribution is 0.414. The molecule has 0 unspecified atom stereocenters. The molecule has 32 heavy (non-hydrogen) atoms. The molecule has 1 N–H and O–H groups in total. The molecular formula is C26H22Cl2N2O2. The maximum atomic E-state index is 9.82. The van der Waals surface area contributed by atoms with Gasteiger partial charge >= 0.3 is 0 Å². The van der Waals surface area contributed by atoms with Crippen molar-refractivity contribution in [3.63, 3.8) is 0 Å². The highest BCUT2D eigenvalue weighted by molar-refractivity contribution is 6.36. The Labute approximate surface area is 197 Å². The van der Waals surface area contributed by atoms with Crippen molar-refractivity contribution in [1.29, 1.82) is 0 Å². The fourth-order valence-corrected chi connectivity index (χ4v) is 4.04. The fourth-order valence-electron chi connectivity index (χ4n) is 3.54. The smallest absolute Gasteiger partial charge is 0.133 e. The number of phenols is 1. The van der Waals surface area contributed by atoms with Gasteiger partial charge in [-0.1, -0.05) is 41.4 Å². The van der Waals surface area contributed by atoms with Gasteiger partial charge in [-0.2, -0.15) is 0 Å². The zero-order valence-corrected chi connectivity index (χ0v) is 19.2. The van der Waals surface area contributed by atoms with E-state index in [1.54, 1.807) is 31.4 Å². The molecule has 1 heterocycles. The summed E-state index contributed by atoms with van der Waals surface area (Å²) in [4.78, 5) is 4.78. The molecule has 0 amide bonds. The fraction of sp³-hybridized carbons (Fsp3) is 0.115. The molecule has 4 aromatic rings. The molecule has 0 aliphatic carbocycles. The summed E-state index contributed by atoms with van der Waals surface area (Å²) in [6.07, 6.45) is 5.92. The highest BCUT2D eigenvalue weighted by Gasteiger charge is 2.11. The van der Waals surface area contributed by atoms with Gasteiger partial charge in [0.05, 0.1) is 17.8 Å². The number of aromatic nitrogens is 2. The summed E-state index contributed by atoms with van der Waals surface area (Å²) in [5, 5.41) is 11.0. The third-order valence-corrected chi connectivity index (χ3v) is 5.72. The maximum absolute atomic E-state index is 9.82. The first kappa shape index (κ1) is 22.0. The Balaban J connectivity index is 1.71. The highest BCUT2D eigenvalue weighted by atomic mass is 35.5. The Morgan fingerprint density at radius 1 is 1.00 bits per heavy atom. The third kappa shape index (κ3) is 4.67. The summed E-state index contributed by atoms with van der Waals surface area (Å²) in [6, 6.07) is 18.5. The van der Waals surface area contributed by atoms with Gasteiger partial charge in [-0.3, -0.25) is 0 Å². The zero-order valence-electron chi connectivity index (χ0n) is 17.7. The van der Waals surface area contributed by atoms with Crippen LogP contribution in [0, 0.1) is 0 Å². The monoisotopic (exact) mass is 464 g/mol. The molecule has 0 bridgehead atoms. The second-order valence-corrected chi connectivity index (χ2v) is 8.08. The quantitative estimate of drug-likeness (QED) is 0.322. The lowest BCUT2D eigenvalue weighted by atomic mass is 10.0. The summed E-state index contributed by atoms with van der Waals surface area (Å²) in [5.74, 6) is 1.79. The van der Waals surface area contributed by atoms with Crippen LogP contribution in [0.15, 0.2) is 66.9 Å². The number of hydrogen-bond acceptors (Lipinski definition) is 3. The van der Waals surface area contributed by atoms with Crippen LogP contribution in [0.25, 0.3) is 34.5 Å². The first-order chi connectivity index (χ1) is 15.5. The molecule has 0 saturated carbocycles. The van der Waals surface area contributed by atoms with Crippen molar-refractivity contribution in [2.45, 2.75) is 13.5 Å². The second kappa shape index (κ2) is 9.51. The number of benzene rings is 3. The summed E-state index contributed by atoms with van der Waals surface area (Å²) >= 11 is 12.4. The van der Waals surface area contributed by atoms with E-state index in [2.05, 4.69) is 11.5 Å². The number of halogens is 2. The maximum Gasteiger partial charge on any atom is 0.133 e. The van der Waals surface area contributed by atoms with Crippen molar-refractivity contribution in [3.8, 4) is 33.9 Å². The van der Waals surface area contributed by atoms with E-state index in [9.17, 15) is 5.11 Å². The van der Waals surface area contributed by atoms with Gasteiger partial charge in [-0.05, 0) is 72.7 Å². The van der Waals surface area contributed by atoms with Crippen LogP contribution >= 0.6 is 23.2 Å². The Kier molecular flexibility index (Phi) is 6.54. The van der Waals surface area contributed by atoms with Gasteiger partial charge in [0.1, 0.15) is 17.3 Å². The largest absolute Gasteiger partial charge is 0.508 e. The molecule has 0 radical (unpaired) electrons. The van der Waals surface area contributed by atoms with Gasteiger partial charge in [0.2, 0.25) is 0 Å². The molecule has 4 nitrogen and oxygen atoms in total. The predicted molar refractivity (Wildman–Crippen MR) is 132 cm³/mol. The van der Waals surface area contributed by atoms with Crippen LogP contribution in [0.3, 0.4) is 0 Å². The number of hydrogen-bond donors (Lipinski definition) is 1. The number of aryl methyl sites for hydroxylation is 1. The zero-order chi connectivity index (χ0) is 22.7. The number of phenolic OH excluding ortho intramolecular Hbond substituents is 1. The van der Waals surface area contributed by atoms with E-state index in [1.807, 2.05) is 54.7 Å². The lowest BCUT2D eigenvalue weighted by Crippen LogP contribution is -1.95. The minimum atomic E-state index is 0.230. The third-order valence-electron chi connectivity index (χ3n) is 5.18. The van der Waals surface area contributed by atoms with Crippen molar-refractivity contribution in [1.82, 2.24) is 9.55 Å². The van der Waals surface area contributed by atoms with Crippen LogP contribution in [0.5, 0.6) is 11.5 Å². The van der Waals surface area contributed by atoms with Crippen molar-refractivity contribution in [2.75, 3.05) is 7.11 Å². The SMILES string of the molecule is CCn1cc(-c2ccc(Cl)cc2Cl)nc1/C=C/c1cc(-c2cccc(O)c2)ccc1OC. The normalized spacial score (nSPS) is 11.2. The van der Waals surface area contributed by atoms with E-state index >= 15 is 0 Å². The van der Waals surface area contributed by atoms with Gasteiger partial charge in [0.15, 0.2) is 0 Å². The van der Waals surface area contributed by atoms with E-state index in [1.165, 1.54) is 0 Å². The topological polar surface area (TPSA) is 47.3 Å². The van der Waals surface area contributed by atoms with Crippen molar-refractivity contribution >= 4 is 35.4 Å². The Hall–Kier alpha value is -3.21. The van der Waals surface area contributed by atoms with Crippen LogP contribution in [-0.4, -0.2) is 21.8 Å². The molecule has 0 aliphatic heterocycles. The summed E-state index contributed by atoms with van der Waals surface area (Å²) < 4.78 is 7.61. The van der Waals surface area contributed by atoms with Crippen LogP contribution in [0.2, 0.25) is 10.0 Å². The van der Waals surface area contributed by atoms with Crippen molar-refractivity contribution in [2.24, 2.45) is 0 Å². The minimum absolute atomic E-state index is 0.230. The van der Waals surface area contributed by atoms with Gasteiger partial charge in [0.25, 0.3) is 0 Å². The Morgan fingerprint density at radius 3 is 2.53 bits per heavy atom. The molecule has 162 valence electrons. The first-order valence-electron chi connectivity index (χ1n) is 10.2. The molecule has 6 heteroatoms. The van der Waals surface area contributed by atoms with E-state index in [0.717, 1.165) is 46.1 Å². The average molecular weight is 465 g/mol. The first-order valence-corrected chi connectivity index (χ1v) is 10.9. The molecule has 3 aromatic carbocycles. The molecule has 0 aliphatic rings. The highest BCUT2D eigenvalue weighted by Crippen LogP contribution is 2.32. The number of rotatable bonds is 6. The molecule has 4 rings (SSSR count). The average Bonchev–Trinajstić information content (AvgIpc) is 3.20. The van der Waals surface area contributed by atoms with E-state index < -0.39 is 0 Å². The van der Waals surface area contributed by atoms with Gasteiger partial charge in [-0.25, -0.2) is 4.98 Å². The lowest BCUT2D eigenvalue weighted by Gasteiger charge is -2.09. The minimum Gasteiger partial charge on any atom is -0.508 e. The number of methoxy groups -OCH3 is 1. The van der Waals surface area contributed by atoms with Gasteiger partial charge < -0.3 is 14.4 Å². The second-order valence-electron chi connectivity index (χ2n) is 7.23.